The van der Waals surface area contributed by atoms with Crippen molar-refractivity contribution in [3.63, 3.8) is 0 Å². The van der Waals surface area contributed by atoms with E-state index in [4.69, 9.17) is 23.2 Å². The number of nitrogens with zero attached hydrogens (tertiary/aromatic N) is 2. The first-order chi connectivity index (χ1) is 7.13. The number of halogens is 2. The van der Waals surface area contributed by atoms with Gasteiger partial charge in [-0.25, -0.2) is 4.52 Å². The van der Waals surface area contributed by atoms with Gasteiger partial charge in [0.15, 0.2) is 0 Å². The summed E-state index contributed by atoms with van der Waals surface area (Å²) in [5.74, 6) is 1.25. The van der Waals surface area contributed by atoms with Gasteiger partial charge in [0.05, 0.1) is 11.4 Å². The average molecular weight is 263 g/mol. The number of rotatable bonds is 0. The summed E-state index contributed by atoms with van der Waals surface area (Å²) < 4.78 is 2.56. The third-order valence-electron chi connectivity index (χ3n) is 2.46. The molecular formula is C8H4Cl2N2O2S. The summed E-state index contributed by atoms with van der Waals surface area (Å²) in [7, 11) is 0. The molecule has 2 aromatic rings. The fourth-order valence-corrected chi connectivity index (χ4v) is 3.42. The first-order valence-electron chi connectivity index (χ1n) is 4.17. The van der Waals surface area contributed by atoms with Gasteiger partial charge in [0, 0.05) is 11.5 Å². The van der Waals surface area contributed by atoms with Crippen molar-refractivity contribution in [3.8, 4) is 0 Å². The Morgan fingerprint density at radius 2 is 1.40 bits per heavy atom. The van der Waals surface area contributed by atoms with Gasteiger partial charge in [0.2, 0.25) is 0 Å². The Morgan fingerprint density at radius 1 is 0.933 bits per heavy atom. The maximum atomic E-state index is 11.7. The van der Waals surface area contributed by atoms with Crippen LogP contribution >= 0.6 is 35.0 Å². The molecule has 0 atom stereocenters. The first kappa shape index (κ1) is 9.57. The van der Waals surface area contributed by atoms with Crippen LogP contribution in [0.5, 0.6) is 0 Å². The molecule has 78 valence electrons. The van der Waals surface area contributed by atoms with E-state index in [2.05, 4.69) is 0 Å². The predicted molar refractivity (Wildman–Crippen MR) is 59.6 cm³/mol. The van der Waals surface area contributed by atoms with Gasteiger partial charge in [-0.05, 0) is 0 Å². The Balaban J connectivity index is 2.71. The number of aromatic nitrogens is 2. The van der Waals surface area contributed by atoms with Gasteiger partial charge in [-0.3, -0.25) is 9.59 Å². The molecule has 0 saturated carbocycles. The van der Waals surface area contributed by atoms with Gasteiger partial charge in [0.25, 0.3) is 11.1 Å². The van der Waals surface area contributed by atoms with Crippen molar-refractivity contribution in [1.29, 1.82) is 0 Å². The van der Waals surface area contributed by atoms with Crippen LogP contribution in [0.3, 0.4) is 0 Å². The quantitative estimate of drug-likeness (QED) is 0.718. The van der Waals surface area contributed by atoms with Crippen molar-refractivity contribution in [1.82, 2.24) is 9.03 Å². The molecule has 15 heavy (non-hydrogen) atoms. The normalized spacial score (nSPS) is 15.1. The van der Waals surface area contributed by atoms with Crippen LogP contribution in [0.15, 0.2) is 9.59 Å². The minimum atomic E-state index is -0.479. The maximum Gasteiger partial charge on any atom is 0.293 e. The lowest BCUT2D eigenvalue weighted by atomic mass is 10.4. The first-order valence-corrected chi connectivity index (χ1v) is 6.08. The Kier molecular flexibility index (Phi) is 1.87. The molecule has 0 radical (unpaired) electrons. The molecule has 0 spiro atoms. The van der Waals surface area contributed by atoms with E-state index in [9.17, 15) is 9.59 Å². The standard InChI is InChI=1S/C8H4Cl2N2O2S/c9-5-3-1-15-2-4-6(10)8(14)12(7(5)13)11(3)4/h1-2H2. The van der Waals surface area contributed by atoms with Crippen LogP contribution in [0, 0.1) is 0 Å². The van der Waals surface area contributed by atoms with Crippen molar-refractivity contribution < 1.29 is 0 Å². The highest BCUT2D eigenvalue weighted by Crippen LogP contribution is 2.30. The minimum Gasteiger partial charge on any atom is -0.266 e. The van der Waals surface area contributed by atoms with Crippen LogP contribution in [-0.4, -0.2) is 9.03 Å². The second-order valence-corrected chi connectivity index (χ2v) is 4.99. The van der Waals surface area contributed by atoms with Gasteiger partial charge >= 0.3 is 0 Å². The van der Waals surface area contributed by atoms with Crippen molar-refractivity contribution in [3.05, 3.63) is 42.1 Å². The molecular weight excluding hydrogens is 259 g/mol. The van der Waals surface area contributed by atoms with Crippen molar-refractivity contribution in [2.75, 3.05) is 0 Å². The molecule has 0 aromatic carbocycles. The summed E-state index contributed by atoms with van der Waals surface area (Å²) >= 11 is 13.3. The molecule has 2 aromatic heterocycles. The summed E-state index contributed by atoms with van der Waals surface area (Å²) in [6.07, 6.45) is 0. The smallest absolute Gasteiger partial charge is 0.266 e. The SMILES string of the molecule is O=c1c(Cl)c2n3c(c(Cl)c(=O)n13)CSC2. The van der Waals surface area contributed by atoms with Crippen LogP contribution < -0.4 is 11.1 Å². The molecule has 1 aliphatic rings. The zero-order chi connectivity index (χ0) is 10.7. The third-order valence-corrected chi connectivity index (χ3v) is 4.17. The molecule has 3 heterocycles. The summed E-state index contributed by atoms with van der Waals surface area (Å²) in [4.78, 5) is 23.3. The molecule has 0 N–H and O–H groups in total. The molecule has 0 saturated heterocycles. The summed E-state index contributed by atoms with van der Waals surface area (Å²) in [5.41, 5.74) is 0.369. The zero-order valence-corrected chi connectivity index (χ0v) is 9.62. The lowest BCUT2D eigenvalue weighted by Crippen LogP contribution is -2.21. The molecule has 3 rings (SSSR count). The van der Waals surface area contributed by atoms with Gasteiger partial charge < -0.3 is 0 Å². The molecule has 4 nitrogen and oxygen atoms in total. The van der Waals surface area contributed by atoms with E-state index >= 15 is 0 Å². The lowest BCUT2D eigenvalue weighted by molar-refractivity contribution is 0.755. The minimum absolute atomic E-state index is 0.122. The number of hydrogen-bond acceptors (Lipinski definition) is 3. The second-order valence-electron chi connectivity index (χ2n) is 3.25. The topological polar surface area (TPSA) is 43.0 Å². The Morgan fingerprint density at radius 3 is 1.87 bits per heavy atom. The highest BCUT2D eigenvalue weighted by molar-refractivity contribution is 7.97. The van der Waals surface area contributed by atoms with Crippen LogP contribution in [0.25, 0.3) is 0 Å². The highest BCUT2D eigenvalue weighted by Gasteiger charge is 2.27. The van der Waals surface area contributed by atoms with Crippen molar-refractivity contribution >= 4 is 35.0 Å². The summed E-state index contributed by atoms with van der Waals surface area (Å²) in [6.45, 7) is 0. The Bertz CT molecular complexity index is 622. The van der Waals surface area contributed by atoms with Crippen LogP contribution in [0.1, 0.15) is 11.4 Å². The van der Waals surface area contributed by atoms with Gasteiger partial charge in [-0.1, -0.05) is 23.2 Å². The molecule has 0 unspecified atom stereocenters. The third kappa shape index (κ3) is 1.01. The van der Waals surface area contributed by atoms with E-state index in [1.165, 1.54) is 0 Å². The number of thioether (sulfide) groups is 1. The second kappa shape index (κ2) is 2.93. The van der Waals surface area contributed by atoms with Gasteiger partial charge in [0.1, 0.15) is 10.0 Å². The monoisotopic (exact) mass is 262 g/mol. The van der Waals surface area contributed by atoms with E-state index in [1.54, 1.807) is 16.3 Å². The lowest BCUT2D eigenvalue weighted by Gasteiger charge is -2.10. The van der Waals surface area contributed by atoms with Crippen molar-refractivity contribution in [2.45, 2.75) is 11.5 Å². The highest BCUT2D eigenvalue weighted by atomic mass is 35.5. The molecule has 0 aliphatic carbocycles. The van der Waals surface area contributed by atoms with Gasteiger partial charge in [-0.15, -0.1) is 11.8 Å². The molecule has 0 fully saturated rings. The molecule has 0 bridgehead atoms. The predicted octanol–water partition coefficient (Wildman–Crippen LogP) is 1.25. The zero-order valence-electron chi connectivity index (χ0n) is 7.29. The average Bonchev–Trinajstić information content (AvgIpc) is 2.64. The van der Waals surface area contributed by atoms with E-state index in [1.807, 2.05) is 0 Å². The van der Waals surface area contributed by atoms with Crippen LogP contribution in [0.4, 0.5) is 0 Å². The van der Waals surface area contributed by atoms with E-state index in [0.29, 0.717) is 22.9 Å². The largest absolute Gasteiger partial charge is 0.293 e. The number of hydrogen-bond donors (Lipinski definition) is 0. The van der Waals surface area contributed by atoms with Crippen molar-refractivity contribution in [2.24, 2.45) is 0 Å². The Hall–Kier alpha value is -0.650. The van der Waals surface area contributed by atoms with E-state index < -0.39 is 11.1 Å². The van der Waals surface area contributed by atoms with Crippen LogP contribution in [0.2, 0.25) is 10.0 Å². The van der Waals surface area contributed by atoms with Crippen LogP contribution in [-0.2, 0) is 11.5 Å². The van der Waals surface area contributed by atoms with Gasteiger partial charge in [-0.2, -0.15) is 4.52 Å². The molecule has 1 aliphatic heterocycles. The Labute approximate surface area is 97.7 Å². The fourth-order valence-electron chi connectivity index (χ4n) is 1.79. The van der Waals surface area contributed by atoms with E-state index in [-0.39, 0.29) is 10.0 Å². The van der Waals surface area contributed by atoms with E-state index in [0.717, 1.165) is 4.52 Å². The fraction of sp³-hybridized carbons (Fsp3) is 0.250. The molecule has 0 amide bonds. The summed E-state index contributed by atoms with van der Waals surface area (Å²) in [5, 5.41) is 0.245. The molecule has 7 heteroatoms. The maximum absolute atomic E-state index is 11.7. The summed E-state index contributed by atoms with van der Waals surface area (Å²) in [6, 6.07) is 0.